The molecule has 0 radical (unpaired) electrons. The molecule has 2 aromatic rings. The van der Waals surface area contributed by atoms with E-state index < -0.39 is 6.04 Å². The first-order valence-corrected chi connectivity index (χ1v) is 11.9. The van der Waals surface area contributed by atoms with E-state index in [1.54, 1.807) is 18.2 Å². The van der Waals surface area contributed by atoms with E-state index in [9.17, 15) is 15.2 Å². The molecule has 1 aliphatic heterocycles. The van der Waals surface area contributed by atoms with Gasteiger partial charge in [-0.2, -0.15) is 5.26 Å². The third kappa shape index (κ3) is 6.32. The molecule has 3 rings (SSSR count). The molecule has 31 heavy (non-hydrogen) atoms. The van der Waals surface area contributed by atoms with Gasteiger partial charge in [-0.3, -0.25) is 4.79 Å². The van der Waals surface area contributed by atoms with Crippen molar-refractivity contribution in [2.45, 2.75) is 36.7 Å². The third-order valence-corrected chi connectivity index (χ3v) is 7.44. The Morgan fingerprint density at radius 1 is 1.29 bits per heavy atom. The maximum absolute atomic E-state index is 13.3. The summed E-state index contributed by atoms with van der Waals surface area (Å²) in [5.41, 5.74) is 0.548. The van der Waals surface area contributed by atoms with E-state index in [0.29, 0.717) is 51.7 Å². The molecule has 1 aromatic carbocycles. The Morgan fingerprint density at radius 3 is 2.58 bits per heavy atom. The molecule has 1 saturated heterocycles. The van der Waals surface area contributed by atoms with Crippen molar-refractivity contribution in [3.63, 3.8) is 0 Å². The Kier molecular flexibility index (Phi) is 8.96. The molecule has 2 heterocycles. The van der Waals surface area contributed by atoms with Crippen molar-refractivity contribution in [3.8, 4) is 6.07 Å². The van der Waals surface area contributed by atoms with Gasteiger partial charge in [-0.05, 0) is 61.4 Å². The van der Waals surface area contributed by atoms with Crippen LogP contribution in [0.1, 0.15) is 25.0 Å². The van der Waals surface area contributed by atoms with Gasteiger partial charge in [0.25, 0.3) is 0 Å². The summed E-state index contributed by atoms with van der Waals surface area (Å²) in [6.45, 7) is 1.89. The van der Waals surface area contributed by atoms with Crippen LogP contribution in [0.3, 0.4) is 0 Å². The number of carbonyl (C=O) groups is 1. The number of nitrogens with one attached hydrogen (secondary N) is 1. The number of hydrogen-bond donors (Lipinski definition) is 2. The van der Waals surface area contributed by atoms with E-state index in [2.05, 4.69) is 10.8 Å². The molecule has 6 nitrogen and oxygen atoms in total. The first-order valence-electron chi connectivity index (χ1n) is 9.94. The molecular formula is C21H23Cl3N4O2S. The number of carbonyl (C=O) groups excluding carboxylic acids is 1. The van der Waals surface area contributed by atoms with E-state index in [1.807, 2.05) is 21.7 Å². The number of likely N-dealkylation sites (tertiary alicyclic amines) is 1. The number of rotatable bonds is 8. The van der Waals surface area contributed by atoms with Crippen LogP contribution in [0.4, 0.5) is 0 Å². The van der Waals surface area contributed by atoms with Gasteiger partial charge in [0.15, 0.2) is 0 Å². The molecule has 0 spiro atoms. The maximum atomic E-state index is 13.3. The average molecular weight is 502 g/mol. The Labute approximate surface area is 201 Å². The van der Waals surface area contributed by atoms with Crippen LogP contribution in [0.2, 0.25) is 15.1 Å². The minimum absolute atomic E-state index is 0.0178. The average Bonchev–Trinajstić information content (AvgIpc) is 3.22. The first kappa shape index (κ1) is 24.2. The summed E-state index contributed by atoms with van der Waals surface area (Å²) in [7, 11) is 0. The Hall–Kier alpha value is -1.40. The monoisotopic (exact) mass is 500 g/mol. The van der Waals surface area contributed by atoms with Crippen LogP contribution in [-0.4, -0.2) is 46.2 Å². The summed E-state index contributed by atoms with van der Waals surface area (Å²) in [6.07, 6.45) is 3.88. The van der Waals surface area contributed by atoms with Crippen molar-refractivity contribution in [1.82, 2.24) is 14.2 Å². The number of hydrogen-bond acceptors (Lipinski definition) is 5. The molecule has 0 bridgehead atoms. The number of halogens is 3. The van der Waals surface area contributed by atoms with Crippen molar-refractivity contribution < 1.29 is 9.90 Å². The highest BCUT2D eigenvalue weighted by molar-refractivity contribution is 7.97. The Morgan fingerprint density at radius 2 is 1.97 bits per heavy atom. The summed E-state index contributed by atoms with van der Waals surface area (Å²) >= 11 is 19.8. The number of aliphatic hydroxyl groups excluding tert-OH is 1. The fourth-order valence-electron chi connectivity index (χ4n) is 3.52. The van der Waals surface area contributed by atoms with Gasteiger partial charge >= 0.3 is 0 Å². The zero-order valence-corrected chi connectivity index (χ0v) is 19.8. The van der Waals surface area contributed by atoms with E-state index in [-0.39, 0.29) is 18.4 Å². The van der Waals surface area contributed by atoms with Gasteiger partial charge in [0.1, 0.15) is 11.8 Å². The molecule has 1 unspecified atom stereocenters. The molecule has 2 N–H and O–H groups in total. The van der Waals surface area contributed by atoms with Gasteiger partial charge in [0, 0.05) is 37.5 Å². The lowest BCUT2D eigenvalue weighted by molar-refractivity contribution is -0.134. The van der Waals surface area contributed by atoms with Crippen LogP contribution in [0.5, 0.6) is 0 Å². The van der Waals surface area contributed by atoms with E-state index in [4.69, 9.17) is 34.8 Å². The highest BCUT2D eigenvalue weighted by Crippen LogP contribution is 2.35. The van der Waals surface area contributed by atoms with Crippen molar-refractivity contribution in [2.75, 3.05) is 19.7 Å². The van der Waals surface area contributed by atoms with Crippen molar-refractivity contribution in [2.24, 2.45) is 5.92 Å². The van der Waals surface area contributed by atoms with Gasteiger partial charge in [0.05, 0.1) is 21.0 Å². The maximum Gasteiger partial charge on any atom is 0.240 e. The summed E-state index contributed by atoms with van der Waals surface area (Å²) < 4.78 is 5.05. The minimum Gasteiger partial charge on any atom is -0.396 e. The quantitative estimate of drug-likeness (QED) is 0.516. The van der Waals surface area contributed by atoms with Gasteiger partial charge in [-0.1, -0.05) is 34.8 Å². The number of nitriles is 1. The molecule has 1 atom stereocenters. The lowest BCUT2D eigenvalue weighted by Crippen LogP contribution is -2.48. The highest BCUT2D eigenvalue weighted by atomic mass is 35.5. The molecule has 1 aromatic heterocycles. The first-order chi connectivity index (χ1) is 14.9. The Balaban J connectivity index is 1.72. The Bertz CT molecular complexity index is 931. The molecule has 166 valence electrons. The fraction of sp³-hybridized carbons (Fsp3) is 0.429. The third-order valence-electron chi connectivity index (χ3n) is 5.35. The van der Waals surface area contributed by atoms with Crippen LogP contribution in [0.25, 0.3) is 0 Å². The zero-order valence-electron chi connectivity index (χ0n) is 16.7. The lowest BCUT2D eigenvalue weighted by atomic mass is 9.97. The van der Waals surface area contributed by atoms with Gasteiger partial charge in [-0.15, -0.1) is 0 Å². The summed E-state index contributed by atoms with van der Waals surface area (Å²) in [5.74, 6) is 0.227. The summed E-state index contributed by atoms with van der Waals surface area (Å²) in [5, 5.41) is 19.9. The van der Waals surface area contributed by atoms with E-state index in [0.717, 1.165) is 12.8 Å². The predicted molar refractivity (Wildman–Crippen MR) is 124 cm³/mol. The van der Waals surface area contributed by atoms with Crippen LogP contribution >= 0.6 is 46.8 Å². The molecule has 0 aliphatic carbocycles. The van der Waals surface area contributed by atoms with Crippen LogP contribution < -0.4 is 4.72 Å². The molecule has 0 saturated carbocycles. The number of aromatic nitrogens is 1. The van der Waals surface area contributed by atoms with Crippen molar-refractivity contribution in [1.29, 1.82) is 5.26 Å². The number of amides is 1. The van der Waals surface area contributed by atoms with Crippen molar-refractivity contribution in [3.05, 3.63) is 51.2 Å². The van der Waals surface area contributed by atoms with Gasteiger partial charge in [0.2, 0.25) is 5.91 Å². The topological polar surface area (TPSA) is 81.3 Å². The number of benzene rings is 1. The predicted octanol–water partition coefficient (Wildman–Crippen LogP) is 4.61. The molecular weight excluding hydrogens is 479 g/mol. The zero-order chi connectivity index (χ0) is 22.4. The second kappa shape index (κ2) is 11.5. The fourth-order valence-corrected chi connectivity index (χ4v) is 5.36. The molecule has 1 fully saturated rings. The minimum atomic E-state index is -0.507. The second-order valence-corrected chi connectivity index (χ2v) is 9.51. The van der Waals surface area contributed by atoms with Crippen LogP contribution in [0, 0.1) is 17.2 Å². The second-order valence-electron chi connectivity index (χ2n) is 7.41. The lowest BCUT2D eigenvalue weighted by Gasteiger charge is -2.34. The number of aryl methyl sites for hydroxylation is 1. The smallest absolute Gasteiger partial charge is 0.240 e. The molecule has 10 heteroatoms. The largest absolute Gasteiger partial charge is 0.396 e. The standard InChI is InChI=1S/C21H23Cl3N4O2S/c22-15-10-17(23)20(18(24)11-15)31-26-19(5-9-27-6-1-2-16(27)12-25)21(30)28-7-3-14(13-29)4-8-28/h1-2,6,10-11,14,19,26,29H,3-5,7-9,13H2. The summed E-state index contributed by atoms with van der Waals surface area (Å²) in [6, 6.07) is 8.41. The van der Waals surface area contributed by atoms with Crippen molar-refractivity contribution >= 4 is 52.7 Å². The summed E-state index contributed by atoms with van der Waals surface area (Å²) in [4.78, 5) is 15.7. The van der Waals surface area contributed by atoms with Crippen LogP contribution in [0.15, 0.2) is 35.4 Å². The number of nitrogens with zero attached hydrogens (tertiary/aromatic N) is 3. The number of aliphatic hydroxyl groups is 1. The van der Waals surface area contributed by atoms with E-state index in [1.165, 1.54) is 11.9 Å². The van der Waals surface area contributed by atoms with Gasteiger partial charge < -0.3 is 14.6 Å². The van der Waals surface area contributed by atoms with Gasteiger partial charge in [-0.25, -0.2) is 4.72 Å². The van der Waals surface area contributed by atoms with Crippen LogP contribution in [-0.2, 0) is 11.3 Å². The highest BCUT2D eigenvalue weighted by Gasteiger charge is 2.28. The number of piperidine rings is 1. The molecule has 1 amide bonds. The SMILES string of the molecule is N#Cc1cccn1CCC(NSc1c(Cl)cc(Cl)cc1Cl)C(=O)N1CCC(CO)CC1. The normalized spacial score (nSPS) is 15.6. The van der Waals surface area contributed by atoms with E-state index >= 15 is 0 Å². The molecule has 1 aliphatic rings.